The third kappa shape index (κ3) is 1.00. The normalized spacial score (nSPS) is 39.6. The quantitative estimate of drug-likeness (QED) is 0.470. The van der Waals surface area contributed by atoms with Crippen LogP contribution in [0.4, 0.5) is 0 Å². The molecule has 0 saturated heterocycles. The average Bonchev–Trinajstić information content (AvgIpc) is 1.58. The Morgan fingerprint density at radius 2 is 2.14 bits per heavy atom. The van der Waals surface area contributed by atoms with Gasteiger partial charge in [-0.1, -0.05) is 19.1 Å². The zero-order valence-electron chi connectivity index (χ0n) is 4.55. The first kappa shape index (κ1) is 5.23. The Hall–Kier alpha value is 0.0900. The highest BCUT2D eigenvalue weighted by Crippen LogP contribution is 2.31. The topological polar surface area (TPSA) is 0 Å². The summed E-state index contributed by atoms with van der Waals surface area (Å²) in [7, 11) is 0. The molecule has 0 aromatic rings. The number of rotatable bonds is 1. The summed E-state index contributed by atoms with van der Waals surface area (Å²) < 4.78 is 0. The van der Waals surface area contributed by atoms with Gasteiger partial charge in [0.05, 0.1) is 0 Å². The summed E-state index contributed by atoms with van der Waals surface area (Å²) in [5.74, 6) is 1.73. The Balaban J connectivity index is 2.17. The number of hydrogen-bond acceptors (Lipinski definition) is 1. The van der Waals surface area contributed by atoms with Gasteiger partial charge in [-0.15, -0.1) is 0 Å². The van der Waals surface area contributed by atoms with Gasteiger partial charge < -0.3 is 0 Å². The second-order valence-electron chi connectivity index (χ2n) is 2.47. The van der Waals surface area contributed by atoms with Gasteiger partial charge in [0.2, 0.25) is 0 Å². The molecule has 0 radical (unpaired) electrons. The van der Waals surface area contributed by atoms with E-state index in [2.05, 4.69) is 6.92 Å². The Labute approximate surface area is 49.9 Å². The van der Waals surface area contributed by atoms with Crippen LogP contribution in [-0.4, -0.2) is 5.37 Å². The molecule has 0 aromatic heterocycles. The standard InChI is InChI=1S/C6H10S/c1-5-2-6(3-5)4-7/h4-6H,2-3H2,1H3. The monoisotopic (exact) mass is 114 g/mol. The van der Waals surface area contributed by atoms with E-state index in [9.17, 15) is 0 Å². The predicted molar refractivity (Wildman–Crippen MR) is 35.5 cm³/mol. The van der Waals surface area contributed by atoms with Crippen molar-refractivity contribution in [2.45, 2.75) is 19.8 Å². The SMILES string of the molecule is CC1CC(C=S)C1. The van der Waals surface area contributed by atoms with E-state index in [0.717, 1.165) is 11.8 Å². The van der Waals surface area contributed by atoms with Crippen molar-refractivity contribution in [2.75, 3.05) is 0 Å². The van der Waals surface area contributed by atoms with Gasteiger partial charge in [-0.2, -0.15) is 0 Å². The molecule has 40 valence electrons. The molecular formula is C6H10S. The van der Waals surface area contributed by atoms with Gasteiger partial charge in [0.25, 0.3) is 0 Å². The van der Waals surface area contributed by atoms with Crippen LogP contribution in [-0.2, 0) is 0 Å². The van der Waals surface area contributed by atoms with Crippen molar-refractivity contribution < 1.29 is 0 Å². The summed E-state index contributed by atoms with van der Waals surface area (Å²) in [5.41, 5.74) is 0. The molecule has 1 fully saturated rings. The van der Waals surface area contributed by atoms with E-state index in [1.54, 1.807) is 0 Å². The molecule has 0 atom stereocenters. The van der Waals surface area contributed by atoms with Crippen molar-refractivity contribution in [3.8, 4) is 0 Å². The molecule has 0 N–H and O–H groups in total. The summed E-state index contributed by atoms with van der Waals surface area (Å²) in [6, 6.07) is 0. The van der Waals surface area contributed by atoms with Crippen molar-refractivity contribution >= 4 is 17.6 Å². The molecule has 1 aliphatic rings. The van der Waals surface area contributed by atoms with E-state index in [1.807, 2.05) is 5.37 Å². The van der Waals surface area contributed by atoms with E-state index in [0.29, 0.717) is 0 Å². The minimum absolute atomic E-state index is 0.782. The maximum atomic E-state index is 4.75. The molecule has 0 spiro atoms. The summed E-state index contributed by atoms with van der Waals surface area (Å²) in [5, 5.41) is 1.90. The second-order valence-corrected chi connectivity index (χ2v) is 2.74. The molecule has 0 heterocycles. The summed E-state index contributed by atoms with van der Waals surface area (Å²) >= 11 is 4.75. The lowest BCUT2D eigenvalue weighted by molar-refractivity contribution is 0.288. The summed E-state index contributed by atoms with van der Waals surface area (Å²) in [6.45, 7) is 2.27. The molecule has 0 bridgehead atoms. The third-order valence-corrected chi connectivity index (χ3v) is 1.99. The first-order chi connectivity index (χ1) is 3.33. The lowest BCUT2D eigenvalue weighted by Gasteiger charge is -2.28. The van der Waals surface area contributed by atoms with E-state index in [1.165, 1.54) is 12.8 Å². The maximum Gasteiger partial charge on any atom is -0.0123 e. The zero-order valence-corrected chi connectivity index (χ0v) is 5.37. The van der Waals surface area contributed by atoms with Gasteiger partial charge >= 0.3 is 0 Å². The van der Waals surface area contributed by atoms with E-state index in [4.69, 9.17) is 12.2 Å². The molecule has 0 aromatic carbocycles. The zero-order chi connectivity index (χ0) is 5.28. The molecule has 0 amide bonds. The Bertz CT molecular complexity index is 72.2. The van der Waals surface area contributed by atoms with Crippen LogP contribution in [0, 0.1) is 11.8 Å². The van der Waals surface area contributed by atoms with Crippen LogP contribution in [0.3, 0.4) is 0 Å². The van der Waals surface area contributed by atoms with E-state index < -0.39 is 0 Å². The van der Waals surface area contributed by atoms with Crippen LogP contribution in [0.15, 0.2) is 0 Å². The van der Waals surface area contributed by atoms with Crippen LogP contribution >= 0.6 is 12.2 Å². The molecule has 7 heavy (non-hydrogen) atoms. The van der Waals surface area contributed by atoms with E-state index >= 15 is 0 Å². The number of thiocarbonyl (C=S) groups is 1. The van der Waals surface area contributed by atoms with Crippen LogP contribution in [0.2, 0.25) is 0 Å². The van der Waals surface area contributed by atoms with Crippen molar-refractivity contribution in [3.05, 3.63) is 0 Å². The van der Waals surface area contributed by atoms with Crippen molar-refractivity contribution in [3.63, 3.8) is 0 Å². The highest BCUT2D eigenvalue weighted by molar-refractivity contribution is 7.79. The summed E-state index contributed by atoms with van der Waals surface area (Å²) in [6.07, 6.45) is 2.67. The fourth-order valence-corrected chi connectivity index (χ4v) is 1.30. The molecule has 1 rings (SSSR count). The van der Waals surface area contributed by atoms with Gasteiger partial charge in [0.15, 0.2) is 0 Å². The highest BCUT2D eigenvalue weighted by Gasteiger charge is 2.22. The first-order valence-corrected chi connectivity index (χ1v) is 3.25. The molecule has 0 aliphatic heterocycles. The predicted octanol–water partition coefficient (Wildman–Crippen LogP) is 2.03. The Kier molecular flexibility index (Phi) is 1.43. The third-order valence-electron chi connectivity index (χ3n) is 1.60. The lowest BCUT2D eigenvalue weighted by atomic mass is 9.78. The minimum atomic E-state index is 0.782. The van der Waals surface area contributed by atoms with Gasteiger partial charge in [-0.3, -0.25) is 0 Å². The highest BCUT2D eigenvalue weighted by atomic mass is 32.1. The van der Waals surface area contributed by atoms with Crippen LogP contribution < -0.4 is 0 Å². The van der Waals surface area contributed by atoms with Gasteiger partial charge in [0.1, 0.15) is 0 Å². The van der Waals surface area contributed by atoms with E-state index in [-0.39, 0.29) is 0 Å². The fourth-order valence-electron chi connectivity index (χ4n) is 1.08. The fraction of sp³-hybridized carbons (Fsp3) is 0.833. The average molecular weight is 114 g/mol. The van der Waals surface area contributed by atoms with Crippen molar-refractivity contribution in [2.24, 2.45) is 11.8 Å². The summed E-state index contributed by atoms with van der Waals surface area (Å²) in [4.78, 5) is 0. The molecule has 0 unspecified atom stereocenters. The van der Waals surface area contributed by atoms with Crippen molar-refractivity contribution in [1.82, 2.24) is 0 Å². The molecule has 1 saturated carbocycles. The molecule has 1 heteroatoms. The molecular weight excluding hydrogens is 104 g/mol. The second kappa shape index (κ2) is 1.91. The Morgan fingerprint density at radius 3 is 2.29 bits per heavy atom. The largest absolute Gasteiger partial charge is 0.0932 e. The van der Waals surface area contributed by atoms with Crippen molar-refractivity contribution in [1.29, 1.82) is 0 Å². The molecule has 0 nitrogen and oxygen atoms in total. The maximum absolute atomic E-state index is 4.75. The number of hydrogen-bond donors (Lipinski definition) is 0. The van der Waals surface area contributed by atoms with Crippen LogP contribution in [0.5, 0.6) is 0 Å². The first-order valence-electron chi connectivity index (χ1n) is 2.78. The Morgan fingerprint density at radius 1 is 1.57 bits per heavy atom. The van der Waals surface area contributed by atoms with Crippen LogP contribution in [0.1, 0.15) is 19.8 Å². The van der Waals surface area contributed by atoms with Crippen LogP contribution in [0.25, 0.3) is 0 Å². The smallest absolute Gasteiger partial charge is 0.0123 e. The van der Waals surface area contributed by atoms with Gasteiger partial charge in [0, 0.05) is 0 Å². The van der Waals surface area contributed by atoms with Gasteiger partial charge in [-0.05, 0) is 30.0 Å². The van der Waals surface area contributed by atoms with Gasteiger partial charge in [-0.25, -0.2) is 0 Å². The minimum Gasteiger partial charge on any atom is -0.0932 e. The lowest BCUT2D eigenvalue weighted by Crippen LogP contribution is -2.20. The molecule has 1 aliphatic carbocycles.